The third kappa shape index (κ3) is 3.79. The molecule has 2 aromatic rings. The van der Waals surface area contributed by atoms with Crippen LogP contribution in [-0.2, 0) is 14.3 Å². The minimum Gasteiger partial charge on any atom is -0.473 e. The molecule has 2 aromatic carbocycles. The fourth-order valence-corrected chi connectivity index (χ4v) is 2.72. The number of nitro groups is 1. The Morgan fingerprint density at radius 2 is 2.04 bits per heavy atom. The number of nitro benzene ring substituents is 1. The van der Waals surface area contributed by atoms with Crippen LogP contribution in [0.4, 0.5) is 11.4 Å². The first kappa shape index (κ1) is 18.1. The third-order valence-corrected chi connectivity index (χ3v) is 4.03. The first-order chi connectivity index (χ1) is 13.0. The monoisotopic (exact) mass is 368 g/mol. The number of esters is 1. The Bertz CT molecular complexity index is 910. The molecule has 3 rings (SSSR count). The molecule has 8 nitrogen and oxygen atoms in total. The van der Waals surface area contributed by atoms with Crippen molar-refractivity contribution in [2.45, 2.75) is 6.10 Å². The van der Waals surface area contributed by atoms with E-state index in [2.05, 4.69) is 4.74 Å². The standard InChI is InChI=1S/C19H16N2O6/c1-26-17(22)8-5-11-20-15-10-9-14(21(24)25)12-16(15)27-18(19(20)23)13-6-3-2-4-7-13/h2-10,12,18H,11H2,1H3/b8-5+. The van der Waals surface area contributed by atoms with Crippen molar-refractivity contribution in [1.29, 1.82) is 0 Å². The lowest BCUT2D eigenvalue weighted by Crippen LogP contribution is -2.41. The summed E-state index contributed by atoms with van der Waals surface area (Å²) in [5.41, 5.74) is 0.883. The molecule has 1 aliphatic heterocycles. The molecule has 0 N–H and O–H groups in total. The van der Waals surface area contributed by atoms with Crippen molar-refractivity contribution in [2.75, 3.05) is 18.6 Å². The zero-order chi connectivity index (χ0) is 19.4. The molecule has 1 atom stereocenters. The number of hydrogen-bond donors (Lipinski definition) is 0. The predicted molar refractivity (Wildman–Crippen MR) is 96.4 cm³/mol. The second kappa shape index (κ2) is 7.69. The van der Waals surface area contributed by atoms with E-state index >= 15 is 0 Å². The van der Waals surface area contributed by atoms with Crippen molar-refractivity contribution in [3.8, 4) is 5.75 Å². The highest BCUT2D eigenvalue weighted by atomic mass is 16.6. The van der Waals surface area contributed by atoms with Crippen LogP contribution in [0.1, 0.15) is 11.7 Å². The summed E-state index contributed by atoms with van der Waals surface area (Å²) in [6.45, 7) is 0.0887. The summed E-state index contributed by atoms with van der Waals surface area (Å²) in [7, 11) is 1.26. The Morgan fingerprint density at radius 3 is 2.70 bits per heavy atom. The maximum Gasteiger partial charge on any atom is 0.330 e. The van der Waals surface area contributed by atoms with Crippen molar-refractivity contribution in [2.24, 2.45) is 0 Å². The molecule has 8 heteroatoms. The van der Waals surface area contributed by atoms with Crippen LogP contribution >= 0.6 is 0 Å². The Hall–Kier alpha value is -3.68. The Kier molecular flexibility index (Phi) is 5.16. The largest absolute Gasteiger partial charge is 0.473 e. The molecule has 0 bridgehead atoms. The zero-order valence-corrected chi connectivity index (χ0v) is 14.4. The van der Waals surface area contributed by atoms with E-state index in [4.69, 9.17) is 4.74 Å². The molecule has 0 saturated carbocycles. The molecule has 0 radical (unpaired) electrons. The molecule has 1 aliphatic rings. The SMILES string of the molecule is COC(=O)/C=C/CN1C(=O)C(c2ccccc2)Oc2cc([N+](=O)[O-])ccc21. The van der Waals surface area contributed by atoms with Gasteiger partial charge in [-0.25, -0.2) is 4.79 Å². The molecule has 1 amide bonds. The number of amides is 1. The number of fused-ring (bicyclic) bond motifs is 1. The summed E-state index contributed by atoms with van der Waals surface area (Å²) in [6.07, 6.45) is 1.76. The van der Waals surface area contributed by atoms with Gasteiger partial charge in [-0.2, -0.15) is 0 Å². The topological polar surface area (TPSA) is 99.0 Å². The number of benzene rings is 2. The Balaban J connectivity index is 2.00. The van der Waals surface area contributed by atoms with E-state index in [1.165, 1.54) is 42.4 Å². The molecule has 0 aliphatic carbocycles. The van der Waals surface area contributed by atoms with Gasteiger partial charge in [0.2, 0.25) is 6.10 Å². The second-order valence-electron chi connectivity index (χ2n) is 5.69. The predicted octanol–water partition coefficient (Wildman–Crippen LogP) is 2.79. The number of anilines is 1. The van der Waals surface area contributed by atoms with E-state index in [1.807, 2.05) is 6.07 Å². The number of ether oxygens (including phenoxy) is 2. The van der Waals surface area contributed by atoms with Crippen LogP contribution in [0.3, 0.4) is 0 Å². The smallest absolute Gasteiger partial charge is 0.330 e. The van der Waals surface area contributed by atoms with Gasteiger partial charge < -0.3 is 14.4 Å². The first-order valence-corrected chi connectivity index (χ1v) is 8.07. The van der Waals surface area contributed by atoms with Crippen molar-refractivity contribution < 1.29 is 24.0 Å². The summed E-state index contributed by atoms with van der Waals surface area (Å²) in [5.74, 6) is -0.652. The highest BCUT2D eigenvalue weighted by molar-refractivity contribution is 6.01. The number of carbonyl (C=O) groups excluding carboxylic acids is 2. The van der Waals surface area contributed by atoms with Gasteiger partial charge in [-0.05, 0) is 6.07 Å². The highest BCUT2D eigenvalue weighted by Gasteiger charge is 2.35. The molecule has 0 spiro atoms. The number of methoxy groups -OCH3 is 1. The lowest BCUT2D eigenvalue weighted by molar-refractivity contribution is -0.384. The van der Waals surface area contributed by atoms with Crippen LogP contribution < -0.4 is 9.64 Å². The maximum absolute atomic E-state index is 13.0. The number of rotatable bonds is 5. The van der Waals surface area contributed by atoms with Crippen LogP contribution in [-0.4, -0.2) is 30.5 Å². The van der Waals surface area contributed by atoms with Crippen molar-refractivity contribution in [3.63, 3.8) is 0 Å². The average Bonchev–Trinajstić information content (AvgIpc) is 2.69. The minimum absolute atomic E-state index is 0.0887. The van der Waals surface area contributed by atoms with E-state index in [0.717, 1.165) is 0 Å². The molecule has 1 heterocycles. The Morgan fingerprint density at radius 1 is 1.30 bits per heavy atom. The summed E-state index contributed by atoms with van der Waals surface area (Å²) in [6, 6.07) is 12.9. The maximum atomic E-state index is 13.0. The van der Waals surface area contributed by atoms with E-state index in [0.29, 0.717) is 11.3 Å². The first-order valence-electron chi connectivity index (χ1n) is 8.07. The molecule has 0 saturated heterocycles. The zero-order valence-electron chi connectivity index (χ0n) is 14.4. The van der Waals surface area contributed by atoms with Crippen molar-refractivity contribution >= 4 is 23.3 Å². The summed E-state index contributed by atoms with van der Waals surface area (Å²) in [5, 5.41) is 11.1. The van der Waals surface area contributed by atoms with Crippen LogP contribution in [0.2, 0.25) is 0 Å². The van der Waals surface area contributed by atoms with E-state index < -0.39 is 17.0 Å². The van der Waals surface area contributed by atoms with Gasteiger partial charge in [-0.15, -0.1) is 0 Å². The van der Waals surface area contributed by atoms with Crippen LogP contribution in [0.5, 0.6) is 5.75 Å². The lowest BCUT2D eigenvalue weighted by Gasteiger charge is -2.33. The molecule has 138 valence electrons. The van der Waals surface area contributed by atoms with Gasteiger partial charge in [0.15, 0.2) is 5.75 Å². The molecular formula is C19H16N2O6. The molecule has 0 fully saturated rings. The highest BCUT2D eigenvalue weighted by Crippen LogP contribution is 2.40. The summed E-state index contributed by atoms with van der Waals surface area (Å²) in [4.78, 5) is 36.2. The third-order valence-electron chi connectivity index (χ3n) is 4.03. The van der Waals surface area contributed by atoms with Gasteiger partial charge in [0.05, 0.1) is 23.8 Å². The number of carbonyl (C=O) groups is 2. The fraction of sp³-hybridized carbons (Fsp3) is 0.158. The van der Waals surface area contributed by atoms with Gasteiger partial charge in [-0.3, -0.25) is 14.9 Å². The van der Waals surface area contributed by atoms with Gasteiger partial charge in [-0.1, -0.05) is 36.4 Å². The number of hydrogen-bond acceptors (Lipinski definition) is 6. The average molecular weight is 368 g/mol. The van der Waals surface area contributed by atoms with E-state index in [-0.39, 0.29) is 23.9 Å². The van der Waals surface area contributed by atoms with Crippen LogP contribution in [0.15, 0.2) is 60.7 Å². The fourth-order valence-electron chi connectivity index (χ4n) is 2.72. The minimum atomic E-state index is -0.938. The number of nitrogens with zero attached hydrogens (tertiary/aromatic N) is 2. The van der Waals surface area contributed by atoms with Gasteiger partial charge in [0.1, 0.15) is 0 Å². The molecule has 0 aromatic heterocycles. The van der Waals surface area contributed by atoms with E-state index in [9.17, 15) is 19.7 Å². The number of non-ortho nitro benzene ring substituents is 1. The van der Waals surface area contributed by atoms with Crippen LogP contribution in [0.25, 0.3) is 0 Å². The molecule has 1 unspecified atom stereocenters. The van der Waals surface area contributed by atoms with Gasteiger partial charge in [0.25, 0.3) is 11.6 Å². The van der Waals surface area contributed by atoms with Crippen molar-refractivity contribution in [1.82, 2.24) is 0 Å². The summed E-state index contributed by atoms with van der Waals surface area (Å²) >= 11 is 0. The summed E-state index contributed by atoms with van der Waals surface area (Å²) < 4.78 is 10.3. The molecule has 27 heavy (non-hydrogen) atoms. The Labute approximate surface area is 154 Å². The second-order valence-corrected chi connectivity index (χ2v) is 5.69. The normalized spacial score (nSPS) is 16.0. The molecular weight excluding hydrogens is 352 g/mol. The lowest BCUT2D eigenvalue weighted by atomic mass is 10.1. The van der Waals surface area contributed by atoms with Gasteiger partial charge in [0, 0.05) is 24.3 Å². The van der Waals surface area contributed by atoms with Gasteiger partial charge >= 0.3 is 5.97 Å². The van der Waals surface area contributed by atoms with Crippen LogP contribution in [0, 0.1) is 10.1 Å². The van der Waals surface area contributed by atoms with Crippen molar-refractivity contribution in [3.05, 3.63) is 76.4 Å². The quantitative estimate of drug-likeness (QED) is 0.348. The van der Waals surface area contributed by atoms with E-state index in [1.54, 1.807) is 24.3 Å².